The van der Waals surface area contributed by atoms with Crippen LogP contribution in [0, 0.1) is 0 Å². The van der Waals surface area contributed by atoms with Crippen LogP contribution in [0.1, 0.15) is 64.5 Å². The van der Waals surface area contributed by atoms with Gasteiger partial charge in [-0.1, -0.05) is 33.6 Å². The molecule has 0 bridgehead atoms. The summed E-state index contributed by atoms with van der Waals surface area (Å²) < 4.78 is 0. The van der Waals surface area contributed by atoms with E-state index in [1.165, 1.54) is 6.07 Å². The zero-order valence-electron chi connectivity index (χ0n) is 13.2. The van der Waals surface area contributed by atoms with Crippen LogP contribution in [0.4, 0.5) is 10.7 Å². The van der Waals surface area contributed by atoms with Gasteiger partial charge in [0.1, 0.15) is 0 Å². The second-order valence-corrected chi connectivity index (χ2v) is 5.15. The van der Waals surface area contributed by atoms with Gasteiger partial charge in [0, 0.05) is 18.5 Å². The zero-order chi connectivity index (χ0) is 15.7. The molecule has 0 aliphatic carbocycles. The number of unbranched alkanes of at least 4 members (excludes halogenated alkanes) is 1. The van der Waals surface area contributed by atoms with Crippen molar-refractivity contribution in [3.63, 3.8) is 0 Å². The fourth-order valence-corrected chi connectivity index (χ4v) is 2.15. The molecule has 0 radical (unpaired) electrons. The van der Waals surface area contributed by atoms with E-state index < -0.39 is 0 Å². The van der Waals surface area contributed by atoms with E-state index >= 15 is 0 Å². The molecule has 1 aromatic rings. The number of rotatable bonds is 8. The highest BCUT2D eigenvalue weighted by Crippen LogP contribution is 2.23. The predicted octanol–water partition coefficient (Wildman–Crippen LogP) is 2.99. The molecule has 0 fully saturated rings. The molecule has 1 rings (SSSR count). The molecule has 6 nitrogen and oxygen atoms in total. The lowest BCUT2D eigenvalue weighted by Gasteiger charge is -2.14. The Morgan fingerprint density at radius 3 is 2.71 bits per heavy atom. The average molecular weight is 294 g/mol. The normalized spacial score (nSPS) is 12.0. The van der Waals surface area contributed by atoms with Crippen molar-refractivity contribution in [3.05, 3.63) is 22.1 Å². The summed E-state index contributed by atoms with van der Waals surface area (Å²) in [5.74, 6) is 0.465. The molecule has 1 heterocycles. The highest BCUT2D eigenvalue weighted by molar-refractivity contribution is 5.87. The number of nitrogens with zero attached hydrogens (tertiary/aromatic N) is 1. The minimum absolute atomic E-state index is 0.209. The van der Waals surface area contributed by atoms with Gasteiger partial charge in [-0.2, -0.15) is 0 Å². The number of amides is 2. The van der Waals surface area contributed by atoms with Crippen molar-refractivity contribution in [2.45, 2.75) is 58.8 Å². The van der Waals surface area contributed by atoms with Crippen LogP contribution >= 0.6 is 0 Å². The Hall–Kier alpha value is -1.85. The van der Waals surface area contributed by atoms with Crippen LogP contribution in [-0.4, -0.2) is 22.5 Å². The number of urea groups is 1. The Balaban J connectivity index is 2.83. The molecular formula is C15H26N4O2. The first-order valence-electron chi connectivity index (χ1n) is 7.76. The largest absolute Gasteiger partial charge is 0.338 e. The molecule has 0 aliphatic heterocycles. The number of anilines is 1. The van der Waals surface area contributed by atoms with Crippen LogP contribution < -0.4 is 16.2 Å². The molecule has 118 valence electrons. The standard InChI is InChI=1S/C15H26N4O2/c1-4-7-8-11(6-3)12-10-13(20)18-14(17-12)19-15(21)16-9-5-2/h10-11H,4-9H2,1-3H3,(H3,16,17,18,19,20,21). The topological polar surface area (TPSA) is 86.9 Å². The molecule has 0 saturated carbocycles. The second-order valence-electron chi connectivity index (χ2n) is 5.15. The lowest BCUT2D eigenvalue weighted by molar-refractivity contribution is 0.252. The molecule has 21 heavy (non-hydrogen) atoms. The van der Waals surface area contributed by atoms with E-state index in [1.807, 2.05) is 6.92 Å². The van der Waals surface area contributed by atoms with Gasteiger partial charge in [-0.15, -0.1) is 0 Å². The fourth-order valence-electron chi connectivity index (χ4n) is 2.15. The summed E-state index contributed by atoms with van der Waals surface area (Å²) in [6.07, 6.45) is 5.01. The van der Waals surface area contributed by atoms with E-state index in [0.717, 1.165) is 37.8 Å². The van der Waals surface area contributed by atoms with Crippen LogP contribution in [0.15, 0.2) is 10.9 Å². The Morgan fingerprint density at radius 2 is 2.10 bits per heavy atom. The van der Waals surface area contributed by atoms with Crippen LogP contribution in [0.5, 0.6) is 0 Å². The minimum Gasteiger partial charge on any atom is -0.338 e. The van der Waals surface area contributed by atoms with Crippen LogP contribution in [0.3, 0.4) is 0 Å². The Labute approximate surface area is 125 Å². The quantitative estimate of drug-likeness (QED) is 0.689. The van der Waals surface area contributed by atoms with E-state index in [9.17, 15) is 9.59 Å². The summed E-state index contributed by atoms with van der Waals surface area (Å²) in [5.41, 5.74) is 0.515. The van der Waals surface area contributed by atoms with Gasteiger partial charge in [0.25, 0.3) is 5.56 Å². The maximum absolute atomic E-state index is 11.7. The number of nitrogens with one attached hydrogen (secondary N) is 3. The van der Waals surface area contributed by atoms with Gasteiger partial charge in [0.2, 0.25) is 5.95 Å². The fraction of sp³-hybridized carbons (Fsp3) is 0.667. The number of aromatic amines is 1. The van der Waals surface area contributed by atoms with Gasteiger partial charge in [0.15, 0.2) is 0 Å². The molecule has 0 spiro atoms. The van der Waals surface area contributed by atoms with E-state index in [0.29, 0.717) is 6.54 Å². The number of hydrogen-bond donors (Lipinski definition) is 3. The SMILES string of the molecule is CCCCC(CC)c1cc(=O)[nH]c(NC(=O)NCCC)n1. The number of hydrogen-bond acceptors (Lipinski definition) is 3. The lowest BCUT2D eigenvalue weighted by atomic mass is 9.96. The molecule has 3 N–H and O–H groups in total. The minimum atomic E-state index is -0.348. The first kappa shape index (κ1) is 17.2. The van der Waals surface area contributed by atoms with Crippen molar-refractivity contribution in [2.24, 2.45) is 0 Å². The molecular weight excluding hydrogens is 268 g/mol. The molecule has 1 unspecified atom stereocenters. The van der Waals surface area contributed by atoms with Gasteiger partial charge in [-0.3, -0.25) is 15.1 Å². The van der Waals surface area contributed by atoms with Crippen LogP contribution in [0.25, 0.3) is 0 Å². The van der Waals surface area contributed by atoms with Crippen molar-refractivity contribution in [1.82, 2.24) is 15.3 Å². The van der Waals surface area contributed by atoms with Crippen molar-refractivity contribution in [1.29, 1.82) is 0 Å². The van der Waals surface area contributed by atoms with Gasteiger partial charge in [-0.05, 0) is 19.3 Å². The van der Waals surface area contributed by atoms with E-state index in [-0.39, 0.29) is 23.5 Å². The maximum atomic E-state index is 11.7. The monoisotopic (exact) mass is 294 g/mol. The molecule has 6 heteroatoms. The molecule has 1 atom stereocenters. The first-order chi connectivity index (χ1) is 10.1. The van der Waals surface area contributed by atoms with Gasteiger partial charge in [-0.25, -0.2) is 9.78 Å². The summed E-state index contributed by atoms with van der Waals surface area (Å²) >= 11 is 0. The summed E-state index contributed by atoms with van der Waals surface area (Å²) in [6, 6.07) is 1.18. The third kappa shape index (κ3) is 5.97. The number of carbonyl (C=O) groups is 1. The molecule has 0 saturated heterocycles. The van der Waals surface area contributed by atoms with E-state index in [1.54, 1.807) is 0 Å². The van der Waals surface area contributed by atoms with Crippen LogP contribution in [-0.2, 0) is 0 Å². The highest BCUT2D eigenvalue weighted by Gasteiger charge is 2.13. The molecule has 0 aliphatic rings. The smallest absolute Gasteiger partial charge is 0.321 e. The number of carbonyl (C=O) groups excluding carboxylic acids is 1. The average Bonchev–Trinajstić information content (AvgIpc) is 2.45. The number of H-pyrrole nitrogens is 1. The molecule has 0 aromatic carbocycles. The predicted molar refractivity (Wildman–Crippen MR) is 84.7 cm³/mol. The summed E-state index contributed by atoms with van der Waals surface area (Å²) in [4.78, 5) is 30.3. The van der Waals surface area contributed by atoms with E-state index in [2.05, 4.69) is 34.4 Å². The summed E-state index contributed by atoms with van der Waals surface area (Å²) in [7, 11) is 0. The van der Waals surface area contributed by atoms with Gasteiger partial charge >= 0.3 is 6.03 Å². The van der Waals surface area contributed by atoms with Gasteiger partial charge in [0.05, 0.1) is 5.69 Å². The number of aromatic nitrogens is 2. The van der Waals surface area contributed by atoms with Crippen molar-refractivity contribution >= 4 is 12.0 Å². The second kappa shape index (κ2) is 9.15. The Morgan fingerprint density at radius 1 is 1.33 bits per heavy atom. The van der Waals surface area contributed by atoms with Gasteiger partial charge < -0.3 is 5.32 Å². The van der Waals surface area contributed by atoms with Crippen molar-refractivity contribution in [3.8, 4) is 0 Å². The third-order valence-corrected chi connectivity index (χ3v) is 3.35. The Kier molecular flexibility index (Phi) is 7.50. The van der Waals surface area contributed by atoms with Crippen LogP contribution in [0.2, 0.25) is 0 Å². The summed E-state index contributed by atoms with van der Waals surface area (Å²) in [5, 5.41) is 5.26. The van der Waals surface area contributed by atoms with Crippen molar-refractivity contribution in [2.75, 3.05) is 11.9 Å². The summed E-state index contributed by atoms with van der Waals surface area (Å²) in [6.45, 7) is 6.79. The Bertz CT molecular complexity index is 499. The molecule has 2 amide bonds. The molecule has 1 aromatic heterocycles. The maximum Gasteiger partial charge on any atom is 0.321 e. The third-order valence-electron chi connectivity index (χ3n) is 3.35. The lowest BCUT2D eigenvalue weighted by Crippen LogP contribution is -2.31. The van der Waals surface area contributed by atoms with E-state index in [4.69, 9.17) is 0 Å². The van der Waals surface area contributed by atoms with Crippen molar-refractivity contribution < 1.29 is 4.79 Å². The highest BCUT2D eigenvalue weighted by atomic mass is 16.2. The zero-order valence-corrected chi connectivity index (χ0v) is 13.2. The first-order valence-corrected chi connectivity index (χ1v) is 7.76.